The summed E-state index contributed by atoms with van der Waals surface area (Å²) in [6, 6.07) is 13.8. The predicted molar refractivity (Wildman–Crippen MR) is 100 cm³/mol. The van der Waals surface area contributed by atoms with Gasteiger partial charge in [0.15, 0.2) is 0 Å². The van der Waals surface area contributed by atoms with Crippen LogP contribution in [-0.4, -0.2) is 14.3 Å². The second kappa shape index (κ2) is 7.01. The lowest BCUT2D eigenvalue weighted by molar-refractivity contribution is 0.103. The number of hydrogen-bond donors (Lipinski definition) is 1. The maximum Gasteiger partial charge on any atom is 0.265 e. The molecule has 1 aromatic heterocycles. The number of hydrogen-bond acceptors (Lipinski definition) is 4. The molecule has 7 heteroatoms. The number of amides is 1. The minimum atomic E-state index is -3.68. The van der Waals surface area contributed by atoms with Crippen LogP contribution in [0.5, 0.6) is 0 Å². The van der Waals surface area contributed by atoms with Crippen LogP contribution in [0.25, 0.3) is 0 Å². The summed E-state index contributed by atoms with van der Waals surface area (Å²) in [7, 11) is -3.68. The van der Waals surface area contributed by atoms with E-state index < -0.39 is 21.6 Å². The standard InChI is InChI=1S/C19H16FNO3S2/c1-12-3-7-15(8-4-12)26(23,24)18-10-9-17(25-18)19(22)21-14-6-5-13(2)16(20)11-14/h3-11H,1-2H3,(H,21,22). The Morgan fingerprint density at radius 1 is 1.00 bits per heavy atom. The number of aryl methyl sites for hydroxylation is 2. The van der Waals surface area contributed by atoms with Gasteiger partial charge in [0, 0.05) is 5.69 Å². The summed E-state index contributed by atoms with van der Waals surface area (Å²) in [6.07, 6.45) is 0. The Morgan fingerprint density at radius 2 is 1.69 bits per heavy atom. The quantitative estimate of drug-likeness (QED) is 0.710. The van der Waals surface area contributed by atoms with Gasteiger partial charge < -0.3 is 5.32 Å². The molecule has 0 atom stereocenters. The van der Waals surface area contributed by atoms with Crippen molar-refractivity contribution in [1.82, 2.24) is 0 Å². The molecule has 0 saturated heterocycles. The molecular formula is C19H16FNO3S2. The van der Waals surface area contributed by atoms with Gasteiger partial charge in [0.1, 0.15) is 10.0 Å². The number of carbonyl (C=O) groups is 1. The number of anilines is 1. The van der Waals surface area contributed by atoms with Crippen LogP contribution < -0.4 is 5.32 Å². The molecule has 4 nitrogen and oxygen atoms in total. The summed E-state index contributed by atoms with van der Waals surface area (Å²) in [5, 5.41) is 2.57. The summed E-state index contributed by atoms with van der Waals surface area (Å²) >= 11 is 0.880. The van der Waals surface area contributed by atoms with Crippen molar-refractivity contribution in [1.29, 1.82) is 0 Å². The van der Waals surface area contributed by atoms with Gasteiger partial charge in [0.25, 0.3) is 5.91 Å². The van der Waals surface area contributed by atoms with E-state index in [4.69, 9.17) is 0 Å². The van der Waals surface area contributed by atoms with Crippen molar-refractivity contribution in [3.63, 3.8) is 0 Å². The molecule has 1 amide bonds. The van der Waals surface area contributed by atoms with E-state index in [2.05, 4.69) is 5.32 Å². The number of carbonyl (C=O) groups excluding carboxylic acids is 1. The second-order valence-corrected chi connectivity index (χ2v) is 9.11. The summed E-state index contributed by atoms with van der Waals surface area (Å²) in [5.41, 5.74) is 1.75. The number of halogens is 1. The van der Waals surface area contributed by atoms with E-state index >= 15 is 0 Å². The normalized spacial score (nSPS) is 11.3. The Morgan fingerprint density at radius 3 is 2.35 bits per heavy atom. The third-order valence-corrected chi connectivity index (χ3v) is 7.18. The Hall–Kier alpha value is -2.51. The molecule has 0 aliphatic rings. The van der Waals surface area contributed by atoms with Crippen molar-refractivity contribution in [2.45, 2.75) is 23.0 Å². The van der Waals surface area contributed by atoms with Crippen LogP contribution in [0.4, 0.5) is 10.1 Å². The van der Waals surface area contributed by atoms with Gasteiger partial charge in [-0.05, 0) is 55.8 Å². The molecule has 2 aromatic carbocycles. The molecule has 0 fully saturated rings. The average Bonchev–Trinajstić information content (AvgIpc) is 3.10. The van der Waals surface area contributed by atoms with Gasteiger partial charge in [-0.3, -0.25) is 4.79 Å². The third-order valence-electron chi connectivity index (χ3n) is 3.83. The molecule has 0 spiro atoms. The van der Waals surface area contributed by atoms with Crippen LogP contribution >= 0.6 is 11.3 Å². The van der Waals surface area contributed by atoms with Crippen molar-refractivity contribution in [2.24, 2.45) is 0 Å². The zero-order valence-corrected chi connectivity index (χ0v) is 15.7. The number of nitrogens with one attached hydrogen (secondary N) is 1. The lowest BCUT2D eigenvalue weighted by Crippen LogP contribution is -2.10. The van der Waals surface area contributed by atoms with Crippen molar-refractivity contribution in [3.8, 4) is 0 Å². The zero-order valence-electron chi connectivity index (χ0n) is 14.1. The Bertz CT molecular complexity index is 1070. The third kappa shape index (κ3) is 3.68. The SMILES string of the molecule is Cc1ccc(S(=O)(=O)c2ccc(C(=O)Nc3ccc(C)c(F)c3)s2)cc1. The van der Waals surface area contributed by atoms with Gasteiger partial charge in [0.2, 0.25) is 9.84 Å². The monoisotopic (exact) mass is 389 g/mol. The summed E-state index contributed by atoms with van der Waals surface area (Å²) in [4.78, 5) is 12.7. The van der Waals surface area contributed by atoms with E-state index in [1.165, 1.54) is 18.2 Å². The van der Waals surface area contributed by atoms with Crippen LogP contribution in [0.15, 0.2) is 63.7 Å². The number of benzene rings is 2. The van der Waals surface area contributed by atoms with Crippen LogP contribution in [0.3, 0.4) is 0 Å². The van der Waals surface area contributed by atoms with Gasteiger partial charge in [-0.15, -0.1) is 11.3 Å². The van der Waals surface area contributed by atoms with Gasteiger partial charge >= 0.3 is 0 Å². The Balaban J connectivity index is 1.83. The molecule has 0 radical (unpaired) electrons. The van der Waals surface area contributed by atoms with Gasteiger partial charge in [-0.25, -0.2) is 12.8 Å². The maximum atomic E-state index is 13.6. The molecule has 0 saturated carbocycles. The van der Waals surface area contributed by atoms with Crippen LogP contribution in [0.1, 0.15) is 20.8 Å². The highest BCUT2D eigenvalue weighted by Crippen LogP contribution is 2.28. The van der Waals surface area contributed by atoms with Crippen molar-refractivity contribution >= 4 is 32.8 Å². The minimum Gasteiger partial charge on any atom is -0.321 e. The topological polar surface area (TPSA) is 63.2 Å². The molecule has 0 unspecified atom stereocenters. The molecule has 3 rings (SSSR count). The fraction of sp³-hybridized carbons (Fsp3) is 0.105. The number of sulfone groups is 1. The average molecular weight is 389 g/mol. The number of rotatable bonds is 4. The molecule has 0 aliphatic carbocycles. The lowest BCUT2D eigenvalue weighted by atomic mass is 10.2. The highest BCUT2D eigenvalue weighted by atomic mass is 32.2. The van der Waals surface area contributed by atoms with Crippen LogP contribution in [0, 0.1) is 19.7 Å². The van der Waals surface area contributed by atoms with E-state index in [0.29, 0.717) is 11.3 Å². The van der Waals surface area contributed by atoms with Gasteiger partial charge in [-0.2, -0.15) is 0 Å². The summed E-state index contributed by atoms with van der Waals surface area (Å²) in [6.45, 7) is 3.50. The summed E-state index contributed by atoms with van der Waals surface area (Å²) < 4.78 is 39.0. The van der Waals surface area contributed by atoms with E-state index in [0.717, 1.165) is 16.9 Å². The predicted octanol–water partition coefficient (Wildman–Crippen LogP) is 4.59. The van der Waals surface area contributed by atoms with E-state index in [1.54, 1.807) is 43.3 Å². The fourth-order valence-corrected chi connectivity index (χ4v) is 4.89. The van der Waals surface area contributed by atoms with Crippen LogP contribution in [-0.2, 0) is 9.84 Å². The Kier molecular flexibility index (Phi) is 4.93. The molecule has 3 aromatic rings. The largest absolute Gasteiger partial charge is 0.321 e. The zero-order chi connectivity index (χ0) is 18.9. The lowest BCUT2D eigenvalue weighted by Gasteiger charge is -2.05. The van der Waals surface area contributed by atoms with Crippen molar-refractivity contribution < 1.29 is 17.6 Å². The molecule has 134 valence electrons. The molecule has 1 heterocycles. The fourth-order valence-electron chi connectivity index (χ4n) is 2.28. The molecule has 0 bridgehead atoms. The summed E-state index contributed by atoms with van der Waals surface area (Å²) in [5.74, 6) is -0.903. The Labute approximate surface area is 155 Å². The first-order valence-electron chi connectivity index (χ1n) is 7.76. The van der Waals surface area contributed by atoms with Gasteiger partial charge in [-0.1, -0.05) is 23.8 Å². The molecule has 1 N–H and O–H groups in total. The highest BCUT2D eigenvalue weighted by molar-refractivity contribution is 7.93. The first-order valence-corrected chi connectivity index (χ1v) is 10.1. The van der Waals surface area contributed by atoms with E-state index in [9.17, 15) is 17.6 Å². The molecule has 0 aliphatic heterocycles. The minimum absolute atomic E-state index is 0.0848. The highest BCUT2D eigenvalue weighted by Gasteiger charge is 2.21. The molecule has 26 heavy (non-hydrogen) atoms. The first kappa shape index (κ1) is 18.3. The van der Waals surface area contributed by atoms with E-state index in [-0.39, 0.29) is 14.0 Å². The second-order valence-electron chi connectivity index (χ2n) is 5.85. The smallest absolute Gasteiger partial charge is 0.265 e. The maximum absolute atomic E-state index is 13.6. The first-order chi connectivity index (χ1) is 12.3. The van der Waals surface area contributed by atoms with E-state index in [1.807, 2.05) is 6.92 Å². The van der Waals surface area contributed by atoms with Crippen molar-refractivity contribution in [3.05, 3.63) is 76.4 Å². The number of thiophene rings is 1. The van der Waals surface area contributed by atoms with Gasteiger partial charge in [0.05, 0.1) is 9.77 Å². The molecular weight excluding hydrogens is 373 g/mol. The van der Waals surface area contributed by atoms with Crippen LogP contribution in [0.2, 0.25) is 0 Å². The van der Waals surface area contributed by atoms with Crippen molar-refractivity contribution in [2.75, 3.05) is 5.32 Å².